The standard InChI is InChI=1S/C15H13ClN2O2/c1-10-4-2-3-5-11(10)9-17-18-15(20)13-8-12(16)6-7-14(13)19/h2-9,19H,1H3,(H,18,20)/b17-9+. The number of carbonyl (C=O) groups is 1. The number of nitrogens with zero attached hydrogens (tertiary/aromatic N) is 1. The number of phenolic OH excluding ortho intramolecular Hbond substituents is 1. The van der Waals surface area contributed by atoms with E-state index in [0.29, 0.717) is 5.02 Å². The second kappa shape index (κ2) is 6.21. The number of benzene rings is 2. The van der Waals surface area contributed by atoms with Crippen molar-refractivity contribution in [2.24, 2.45) is 5.10 Å². The normalized spacial score (nSPS) is 10.7. The summed E-state index contributed by atoms with van der Waals surface area (Å²) in [6.45, 7) is 1.95. The molecule has 20 heavy (non-hydrogen) atoms. The van der Waals surface area contributed by atoms with Gasteiger partial charge >= 0.3 is 0 Å². The van der Waals surface area contributed by atoms with Gasteiger partial charge in [0.1, 0.15) is 5.75 Å². The quantitative estimate of drug-likeness (QED) is 0.673. The molecule has 0 unspecified atom stereocenters. The highest BCUT2D eigenvalue weighted by Gasteiger charge is 2.10. The molecule has 0 aromatic heterocycles. The fraction of sp³-hybridized carbons (Fsp3) is 0.0667. The monoisotopic (exact) mass is 288 g/mol. The molecule has 0 saturated carbocycles. The summed E-state index contributed by atoms with van der Waals surface area (Å²) in [4.78, 5) is 11.8. The first-order valence-electron chi connectivity index (χ1n) is 5.95. The van der Waals surface area contributed by atoms with Crippen LogP contribution in [-0.2, 0) is 0 Å². The number of nitrogens with one attached hydrogen (secondary N) is 1. The molecule has 0 spiro atoms. The van der Waals surface area contributed by atoms with E-state index in [-0.39, 0.29) is 11.3 Å². The van der Waals surface area contributed by atoms with E-state index in [9.17, 15) is 9.90 Å². The molecule has 0 heterocycles. The molecule has 0 fully saturated rings. The zero-order valence-electron chi connectivity index (χ0n) is 10.8. The van der Waals surface area contributed by atoms with Gasteiger partial charge in [-0.3, -0.25) is 4.79 Å². The van der Waals surface area contributed by atoms with Gasteiger partial charge in [-0.1, -0.05) is 35.9 Å². The largest absolute Gasteiger partial charge is 0.507 e. The average molecular weight is 289 g/mol. The highest BCUT2D eigenvalue weighted by atomic mass is 35.5. The molecule has 2 rings (SSSR count). The fourth-order valence-electron chi connectivity index (χ4n) is 1.64. The lowest BCUT2D eigenvalue weighted by Crippen LogP contribution is -2.17. The minimum absolute atomic E-state index is 0.0828. The van der Waals surface area contributed by atoms with E-state index in [1.54, 1.807) is 6.21 Å². The first-order valence-corrected chi connectivity index (χ1v) is 6.33. The van der Waals surface area contributed by atoms with Crippen LogP contribution in [0.15, 0.2) is 47.6 Å². The van der Waals surface area contributed by atoms with Gasteiger partial charge in [-0.2, -0.15) is 5.10 Å². The molecule has 2 aromatic carbocycles. The summed E-state index contributed by atoms with van der Waals surface area (Å²) in [5, 5.41) is 13.8. The molecule has 0 atom stereocenters. The highest BCUT2D eigenvalue weighted by molar-refractivity contribution is 6.31. The molecule has 0 aliphatic heterocycles. The minimum Gasteiger partial charge on any atom is -0.507 e. The Labute approximate surface area is 121 Å². The average Bonchev–Trinajstić information content (AvgIpc) is 2.43. The van der Waals surface area contributed by atoms with Crippen LogP contribution in [-0.4, -0.2) is 17.2 Å². The topological polar surface area (TPSA) is 61.7 Å². The maximum atomic E-state index is 11.8. The van der Waals surface area contributed by atoms with Crippen molar-refractivity contribution in [3.8, 4) is 5.75 Å². The van der Waals surface area contributed by atoms with E-state index in [1.165, 1.54) is 18.2 Å². The van der Waals surface area contributed by atoms with Gasteiger partial charge in [0.25, 0.3) is 5.91 Å². The third kappa shape index (κ3) is 3.36. The van der Waals surface area contributed by atoms with Crippen LogP contribution in [0.1, 0.15) is 21.5 Å². The maximum Gasteiger partial charge on any atom is 0.275 e. The van der Waals surface area contributed by atoms with Crippen LogP contribution in [0.4, 0.5) is 0 Å². The molecule has 0 aliphatic carbocycles. The lowest BCUT2D eigenvalue weighted by molar-refractivity contribution is 0.0952. The smallest absolute Gasteiger partial charge is 0.275 e. The van der Waals surface area contributed by atoms with Crippen LogP contribution < -0.4 is 5.43 Å². The van der Waals surface area contributed by atoms with Crippen molar-refractivity contribution in [1.82, 2.24) is 5.43 Å². The van der Waals surface area contributed by atoms with Crippen molar-refractivity contribution in [3.05, 3.63) is 64.2 Å². The molecule has 2 N–H and O–H groups in total. The van der Waals surface area contributed by atoms with Crippen molar-refractivity contribution in [2.45, 2.75) is 6.92 Å². The third-order valence-corrected chi connectivity index (χ3v) is 3.00. The Morgan fingerprint density at radius 2 is 2.05 bits per heavy atom. The summed E-state index contributed by atoms with van der Waals surface area (Å²) < 4.78 is 0. The number of phenols is 1. The summed E-state index contributed by atoms with van der Waals surface area (Å²) >= 11 is 5.78. The van der Waals surface area contributed by atoms with E-state index in [1.807, 2.05) is 31.2 Å². The van der Waals surface area contributed by atoms with Crippen molar-refractivity contribution < 1.29 is 9.90 Å². The Morgan fingerprint density at radius 1 is 1.30 bits per heavy atom. The molecular formula is C15H13ClN2O2. The SMILES string of the molecule is Cc1ccccc1/C=N/NC(=O)c1cc(Cl)ccc1O. The van der Waals surface area contributed by atoms with Crippen LogP contribution in [0.25, 0.3) is 0 Å². The number of aromatic hydroxyl groups is 1. The van der Waals surface area contributed by atoms with Gasteiger partial charge in [0.05, 0.1) is 11.8 Å². The second-order valence-electron chi connectivity index (χ2n) is 4.22. The number of aryl methyl sites for hydroxylation is 1. The molecule has 2 aromatic rings. The fourth-order valence-corrected chi connectivity index (χ4v) is 1.81. The number of hydrogen-bond acceptors (Lipinski definition) is 3. The summed E-state index contributed by atoms with van der Waals surface area (Å²) in [5.41, 5.74) is 4.39. The summed E-state index contributed by atoms with van der Waals surface area (Å²) in [6.07, 6.45) is 1.55. The van der Waals surface area contributed by atoms with Crippen molar-refractivity contribution in [3.63, 3.8) is 0 Å². The van der Waals surface area contributed by atoms with E-state index in [4.69, 9.17) is 11.6 Å². The molecule has 5 heteroatoms. The van der Waals surface area contributed by atoms with Gasteiger partial charge in [0, 0.05) is 5.02 Å². The first-order chi connectivity index (χ1) is 9.58. The lowest BCUT2D eigenvalue weighted by atomic mass is 10.1. The Balaban J connectivity index is 2.09. The zero-order chi connectivity index (χ0) is 14.5. The third-order valence-electron chi connectivity index (χ3n) is 2.76. The van der Waals surface area contributed by atoms with E-state index in [0.717, 1.165) is 11.1 Å². The Hall–Kier alpha value is -2.33. The molecule has 4 nitrogen and oxygen atoms in total. The molecular weight excluding hydrogens is 276 g/mol. The molecule has 0 saturated heterocycles. The van der Waals surface area contributed by atoms with Crippen LogP contribution in [0.5, 0.6) is 5.75 Å². The van der Waals surface area contributed by atoms with Gasteiger partial charge in [-0.05, 0) is 36.2 Å². The number of amides is 1. The minimum atomic E-state index is -0.519. The predicted octanol–water partition coefficient (Wildman–Crippen LogP) is 3.12. The van der Waals surface area contributed by atoms with Gasteiger partial charge < -0.3 is 5.11 Å². The van der Waals surface area contributed by atoms with Gasteiger partial charge in [-0.15, -0.1) is 0 Å². The van der Waals surface area contributed by atoms with Gasteiger partial charge in [-0.25, -0.2) is 5.43 Å². The van der Waals surface area contributed by atoms with Crippen LogP contribution in [0, 0.1) is 6.92 Å². The van der Waals surface area contributed by atoms with E-state index in [2.05, 4.69) is 10.5 Å². The number of hydrazone groups is 1. The maximum absolute atomic E-state index is 11.8. The number of carbonyl (C=O) groups excluding carboxylic acids is 1. The van der Waals surface area contributed by atoms with Crippen molar-refractivity contribution >= 4 is 23.7 Å². The van der Waals surface area contributed by atoms with E-state index < -0.39 is 5.91 Å². The predicted molar refractivity (Wildman–Crippen MR) is 79.4 cm³/mol. The summed E-state index contributed by atoms with van der Waals surface area (Å²) in [7, 11) is 0. The van der Waals surface area contributed by atoms with Crippen LogP contribution in [0.3, 0.4) is 0 Å². The number of halogens is 1. The van der Waals surface area contributed by atoms with Crippen molar-refractivity contribution in [2.75, 3.05) is 0 Å². The zero-order valence-corrected chi connectivity index (χ0v) is 11.6. The summed E-state index contributed by atoms with van der Waals surface area (Å²) in [5.74, 6) is -0.659. The summed E-state index contributed by atoms with van der Waals surface area (Å²) in [6, 6.07) is 11.9. The molecule has 102 valence electrons. The second-order valence-corrected chi connectivity index (χ2v) is 4.65. The van der Waals surface area contributed by atoms with Gasteiger partial charge in [0.2, 0.25) is 0 Å². The Morgan fingerprint density at radius 3 is 2.80 bits per heavy atom. The Kier molecular flexibility index (Phi) is 4.38. The Bertz CT molecular complexity index is 669. The van der Waals surface area contributed by atoms with E-state index >= 15 is 0 Å². The van der Waals surface area contributed by atoms with Crippen LogP contribution in [0.2, 0.25) is 5.02 Å². The van der Waals surface area contributed by atoms with Crippen LogP contribution >= 0.6 is 11.6 Å². The molecule has 0 bridgehead atoms. The first kappa shape index (κ1) is 14.1. The molecule has 1 amide bonds. The number of hydrogen-bond donors (Lipinski definition) is 2. The molecule has 0 aliphatic rings. The highest BCUT2D eigenvalue weighted by Crippen LogP contribution is 2.21. The molecule has 0 radical (unpaired) electrons. The van der Waals surface area contributed by atoms with Gasteiger partial charge in [0.15, 0.2) is 0 Å². The number of rotatable bonds is 3. The lowest BCUT2D eigenvalue weighted by Gasteiger charge is -2.03. The van der Waals surface area contributed by atoms with Crippen molar-refractivity contribution in [1.29, 1.82) is 0 Å².